The van der Waals surface area contributed by atoms with E-state index in [0.717, 1.165) is 38.5 Å². The summed E-state index contributed by atoms with van der Waals surface area (Å²) in [4.78, 5) is 4.99. The van der Waals surface area contributed by atoms with E-state index in [2.05, 4.69) is 82.6 Å². The van der Waals surface area contributed by atoms with Crippen LogP contribution >= 0.6 is 0 Å². The van der Waals surface area contributed by atoms with Crippen molar-refractivity contribution in [3.63, 3.8) is 0 Å². The molecule has 1 fully saturated rings. The van der Waals surface area contributed by atoms with E-state index in [1.54, 1.807) is 7.11 Å². The number of benzene rings is 3. The highest BCUT2D eigenvalue weighted by molar-refractivity contribution is 5.63. The fraction of sp³-hybridized carbons (Fsp3) is 0.250. The second-order valence-electron chi connectivity index (χ2n) is 7.03. The van der Waals surface area contributed by atoms with E-state index in [1.807, 2.05) is 6.07 Å². The molecule has 27 heavy (non-hydrogen) atoms. The number of ether oxygens (including phenoxy) is 1. The molecule has 0 aliphatic carbocycles. The predicted octanol–water partition coefficient (Wildman–Crippen LogP) is 4.68. The normalized spacial score (nSPS) is 14.9. The first-order valence-corrected chi connectivity index (χ1v) is 9.57. The summed E-state index contributed by atoms with van der Waals surface area (Å²) in [6.07, 6.45) is 0. The van der Waals surface area contributed by atoms with E-state index >= 15 is 0 Å². The summed E-state index contributed by atoms with van der Waals surface area (Å²) in [5.41, 5.74) is 5.21. The van der Waals surface area contributed by atoms with E-state index < -0.39 is 0 Å². The van der Waals surface area contributed by atoms with E-state index in [-0.39, 0.29) is 0 Å². The number of hydrogen-bond acceptors (Lipinski definition) is 3. The smallest absolute Gasteiger partial charge is 0.120 e. The maximum atomic E-state index is 5.36. The number of anilines is 1. The third-order valence-corrected chi connectivity index (χ3v) is 5.23. The lowest BCUT2D eigenvalue weighted by Gasteiger charge is -2.36. The van der Waals surface area contributed by atoms with Crippen LogP contribution in [0.5, 0.6) is 5.75 Å². The summed E-state index contributed by atoms with van der Waals surface area (Å²) >= 11 is 0. The van der Waals surface area contributed by atoms with Gasteiger partial charge in [-0.25, -0.2) is 0 Å². The van der Waals surface area contributed by atoms with Gasteiger partial charge in [0, 0.05) is 44.5 Å². The van der Waals surface area contributed by atoms with Gasteiger partial charge < -0.3 is 9.64 Å². The van der Waals surface area contributed by atoms with Crippen LogP contribution in [-0.2, 0) is 6.54 Å². The van der Waals surface area contributed by atoms with E-state index in [9.17, 15) is 0 Å². The third kappa shape index (κ3) is 4.32. The molecule has 0 unspecified atom stereocenters. The van der Waals surface area contributed by atoms with Crippen molar-refractivity contribution in [2.75, 3.05) is 38.2 Å². The van der Waals surface area contributed by atoms with Crippen LogP contribution in [0.2, 0.25) is 0 Å². The zero-order chi connectivity index (χ0) is 18.5. The summed E-state index contributed by atoms with van der Waals surface area (Å²) in [5, 5.41) is 0. The number of hydrogen-bond donors (Lipinski definition) is 0. The summed E-state index contributed by atoms with van der Waals surface area (Å²) in [6.45, 7) is 5.25. The molecule has 1 aliphatic rings. The van der Waals surface area contributed by atoms with Crippen LogP contribution in [-0.4, -0.2) is 38.2 Å². The van der Waals surface area contributed by atoms with Gasteiger partial charge >= 0.3 is 0 Å². The molecular weight excluding hydrogens is 332 g/mol. The van der Waals surface area contributed by atoms with Gasteiger partial charge in [0.15, 0.2) is 0 Å². The van der Waals surface area contributed by atoms with Crippen LogP contribution < -0.4 is 9.64 Å². The molecule has 0 radical (unpaired) electrons. The lowest BCUT2D eigenvalue weighted by Crippen LogP contribution is -2.45. The molecule has 0 N–H and O–H groups in total. The molecule has 0 saturated carbocycles. The molecule has 1 heterocycles. The maximum Gasteiger partial charge on any atom is 0.120 e. The Morgan fingerprint density at radius 2 is 1.48 bits per heavy atom. The molecule has 3 aromatic carbocycles. The van der Waals surface area contributed by atoms with Gasteiger partial charge in [-0.3, -0.25) is 4.90 Å². The van der Waals surface area contributed by atoms with Crippen molar-refractivity contribution < 1.29 is 4.74 Å². The molecule has 0 aromatic heterocycles. The zero-order valence-corrected chi connectivity index (χ0v) is 15.8. The number of rotatable bonds is 5. The molecule has 3 heteroatoms. The van der Waals surface area contributed by atoms with Gasteiger partial charge in [0.25, 0.3) is 0 Å². The standard InChI is InChI=1S/C24H26N2O/c1-27-24-12-6-11-23(18-24)26-15-13-25(14-16-26)19-20-7-5-10-22(17-20)21-8-3-2-4-9-21/h2-12,17-18H,13-16,19H2,1H3. The Morgan fingerprint density at radius 3 is 2.26 bits per heavy atom. The fourth-order valence-corrected chi connectivity index (χ4v) is 3.71. The summed E-state index contributed by atoms with van der Waals surface area (Å²) < 4.78 is 5.36. The molecule has 1 aliphatic heterocycles. The molecular formula is C24H26N2O. The van der Waals surface area contributed by atoms with Crippen molar-refractivity contribution in [1.82, 2.24) is 4.90 Å². The zero-order valence-electron chi connectivity index (χ0n) is 15.8. The molecule has 0 amide bonds. The van der Waals surface area contributed by atoms with Crippen LogP contribution in [0, 0.1) is 0 Å². The Bertz CT molecular complexity index is 870. The highest BCUT2D eigenvalue weighted by Crippen LogP contribution is 2.24. The molecule has 3 nitrogen and oxygen atoms in total. The average molecular weight is 358 g/mol. The van der Waals surface area contributed by atoms with Gasteiger partial charge in [0.1, 0.15) is 5.75 Å². The van der Waals surface area contributed by atoms with Gasteiger partial charge in [-0.1, -0.05) is 54.6 Å². The Morgan fingerprint density at radius 1 is 0.741 bits per heavy atom. The quantitative estimate of drug-likeness (QED) is 0.658. The summed E-state index contributed by atoms with van der Waals surface area (Å²) in [7, 11) is 1.72. The van der Waals surface area contributed by atoms with E-state index in [1.165, 1.54) is 22.4 Å². The second-order valence-corrected chi connectivity index (χ2v) is 7.03. The largest absolute Gasteiger partial charge is 0.497 e. The van der Waals surface area contributed by atoms with Crippen LogP contribution in [0.15, 0.2) is 78.9 Å². The fourth-order valence-electron chi connectivity index (χ4n) is 3.71. The highest BCUT2D eigenvalue weighted by Gasteiger charge is 2.17. The molecule has 0 spiro atoms. The number of methoxy groups -OCH3 is 1. The van der Waals surface area contributed by atoms with E-state index in [4.69, 9.17) is 4.74 Å². The molecule has 0 atom stereocenters. The van der Waals surface area contributed by atoms with E-state index in [0.29, 0.717) is 0 Å². The third-order valence-electron chi connectivity index (χ3n) is 5.23. The van der Waals surface area contributed by atoms with Crippen molar-refractivity contribution in [3.05, 3.63) is 84.4 Å². The Balaban J connectivity index is 1.38. The van der Waals surface area contributed by atoms with Crippen molar-refractivity contribution in [1.29, 1.82) is 0 Å². The first kappa shape index (κ1) is 17.6. The predicted molar refractivity (Wildman–Crippen MR) is 112 cm³/mol. The topological polar surface area (TPSA) is 15.7 Å². The van der Waals surface area contributed by atoms with Crippen LogP contribution in [0.1, 0.15) is 5.56 Å². The second kappa shape index (κ2) is 8.28. The Hall–Kier alpha value is -2.78. The number of nitrogens with zero attached hydrogens (tertiary/aromatic N) is 2. The molecule has 3 aromatic rings. The van der Waals surface area contributed by atoms with Gasteiger partial charge in [-0.05, 0) is 34.9 Å². The van der Waals surface area contributed by atoms with Crippen LogP contribution in [0.4, 0.5) is 5.69 Å². The van der Waals surface area contributed by atoms with Gasteiger partial charge in [-0.15, -0.1) is 0 Å². The molecule has 138 valence electrons. The van der Waals surface area contributed by atoms with Crippen molar-refractivity contribution in [2.24, 2.45) is 0 Å². The van der Waals surface area contributed by atoms with Crippen LogP contribution in [0.25, 0.3) is 11.1 Å². The summed E-state index contributed by atoms with van der Waals surface area (Å²) in [5.74, 6) is 0.924. The van der Waals surface area contributed by atoms with Crippen molar-refractivity contribution >= 4 is 5.69 Å². The molecule has 4 rings (SSSR count). The molecule has 1 saturated heterocycles. The lowest BCUT2D eigenvalue weighted by molar-refractivity contribution is 0.250. The Kier molecular flexibility index (Phi) is 5.40. The van der Waals surface area contributed by atoms with Crippen molar-refractivity contribution in [3.8, 4) is 16.9 Å². The Labute approximate surface area is 161 Å². The summed E-state index contributed by atoms with van der Waals surface area (Å²) in [6, 6.07) is 27.9. The first-order valence-electron chi connectivity index (χ1n) is 9.57. The number of piperazine rings is 1. The minimum absolute atomic E-state index is 0.924. The first-order chi connectivity index (χ1) is 13.3. The molecule has 0 bridgehead atoms. The van der Waals surface area contributed by atoms with Crippen LogP contribution in [0.3, 0.4) is 0 Å². The highest BCUT2D eigenvalue weighted by atomic mass is 16.5. The minimum atomic E-state index is 0.924. The van der Waals surface area contributed by atoms with Crippen molar-refractivity contribution in [2.45, 2.75) is 6.54 Å². The van der Waals surface area contributed by atoms with Gasteiger partial charge in [0.2, 0.25) is 0 Å². The lowest BCUT2D eigenvalue weighted by atomic mass is 10.0. The van der Waals surface area contributed by atoms with Gasteiger partial charge in [-0.2, -0.15) is 0 Å². The van der Waals surface area contributed by atoms with Gasteiger partial charge in [0.05, 0.1) is 7.11 Å². The average Bonchev–Trinajstić information content (AvgIpc) is 2.75. The maximum absolute atomic E-state index is 5.36. The monoisotopic (exact) mass is 358 g/mol. The minimum Gasteiger partial charge on any atom is -0.497 e. The SMILES string of the molecule is COc1cccc(N2CCN(Cc3cccc(-c4ccccc4)c3)CC2)c1.